The Hall–Kier alpha value is -5.20. The van der Waals surface area contributed by atoms with Gasteiger partial charge in [-0.05, 0) is 82.5 Å². The second-order valence-corrected chi connectivity index (χ2v) is 8.80. The van der Waals surface area contributed by atoms with Crippen LogP contribution in [0.1, 0.15) is 30.2 Å². The van der Waals surface area contributed by atoms with Gasteiger partial charge in [0.05, 0.1) is 30.2 Å². The van der Waals surface area contributed by atoms with Gasteiger partial charge in [0.25, 0.3) is 0 Å². The van der Waals surface area contributed by atoms with Crippen molar-refractivity contribution in [3.05, 3.63) is 157 Å². The number of rotatable bonds is 3. The first kappa shape index (κ1) is 9.77. The van der Waals surface area contributed by atoms with Crippen LogP contribution in [0.2, 0.25) is 0 Å². The molecule has 0 aliphatic heterocycles. The third-order valence-corrected chi connectivity index (χ3v) is 6.65. The summed E-state index contributed by atoms with van der Waals surface area (Å²) in [5.41, 5.74) is -2.62. The normalized spacial score (nSPS) is 19.2. The summed E-state index contributed by atoms with van der Waals surface area (Å²) in [6, 6.07) is -11.3. The van der Waals surface area contributed by atoms with Crippen molar-refractivity contribution in [2.24, 2.45) is 0 Å². The van der Waals surface area contributed by atoms with Gasteiger partial charge in [0.15, 0.2) is 0 Å². The molecule has 0 aliphatic carbocycles. The first-order chi connectivity index (χ1) is 29.0. The molecule has 0 N–H and O–H groups in total. The molecule has 186 valence electrons. The Labute approximate surface area is 264 Å². The monoisotopic (exact) mass is 528 g/mol. The van der Waals surface area contributed by atoms with Crippen LogP contribution in [0, 0.1) is 0 Å². The van der Waals surface area contributed by atoms with Gasteiger partial charge in [0, 0.05) is 0 Å². The summed E-state index contributed by atoms with van der Waals surface area (Å²) in [6.07, 6.45) is 0. The molecule has 0 spiro atoms. The van der Waals surface area contributed by atoms with Crippen LogP contribution in [0.5, 0.6) is 0 Å². The topological polar surface area (TPSA) is 0 Å². The van der Waals surface area contributed by atoms with Crippen LogP contribution in [-0.4, -0.2) is 0 Å². The summed E-state index contributed by atoms with van der Waals surface area (Å²) >= 11 is 0. The molecule has 0 nitrogen and oxygen atoms in total. The number of hydrogen-bond acceptors (Lipinski definition) is 0. The molecule has 0 heterocycles. The van der Waals surface area contributed by atoms with E-state index in [-0.39, 0.29) is 27.3 Å². The minimum Gasteiger partial charge on any atom is -0.0622 e. The van der Waals surface area contributed by atoms with Crippen molar-refractivity contribution >= 4 is 43.1 Å². The summed E-state index contributed by atoms with van der Waals surface area (Å²) in [5.74, 6) is 0. The van der Waals surface area contributed by atoms with E-state index in [1.807, 2.05) is 0 Å². The Morgan fingerprint density at radius 2 is 0.925 bits per heavy atom. The van der Waals surface area contributed by atoms with Crippen LogP contribution in [0.3, 0.4) is 0 Å². The molecule has 40 heavy (non-hydrogen) atoms. The second kappa shape index (κ2) is 9.22. The van der Waals surface area contributed by atoms with Crippen LogP contribution in [-0.2, 0) is 0 Å². The van der Waals surface area contributed by atoms with Crippen LogP contribution in [0.4, 0.5) is 0 Å². The fourth-order valence-electron chi connectivity index (χ4n) is 4.99. The van der Waals surface area contributed by atoms with Crippen molar-refractivity contribution in [2.75, 3.05) is 0 Å². The molecule has 0 radical (unpaired) electrons. The molecular weight excluding hydrogens is 480 g/mol. The highest BCUT2D eigenvalue weighted by molar-refractivity contribution is 6.24. The van der Waals surface area contributed by atoms with E-state index in [1.165, 1.54) is 24.3 Å². The lowest BCUT2D eigenvalue weighted by Crippen LogP contribution is -1.92. The van der Waals surface area contributed by atoms with E-state index in [0.29, 0.717) is 0 Å². The minimum absolute atomic E-state index is 0.0127. The molecule has 0 saturated heterocycles. The standard InChI is InChI=1S/C40H26/c1-2-13-28(14-3-1)39-35-16-6-8-18-37(35)40(38-19-9-7-17-36(38)39)34-23-11-21-32-31(20-10-22-33(32)34)30-25-24-27-12-4-5-15-29(27)26-30/h1-26H/i1D,2D,3D,4D,5D,6D,8D,10D,11D,12D,13D,14D,15D,16D,18D,20D,21D,22D,23D,24D,25D,26D. The van der Waals surface area contributed by atoms with Crippen LogP contribution in [0.15, 0.2) is 157 Å². The molecule has 0 aromatic heterocycles. The van der Waals surface area contributed by atoms with Gasteiger partial charge in [0.2, 0.25) is 0 Å². The summed E-state index contributed by atoms with van der Waals surface area (Å²) in [5, 5.41) is -2.80. The third kappa shape index (κ3) is 3.54. The van der Waals surface area contributed by atoms with Gasteiger partial charge >= 0.3 is 0 Å². The minimum atomic E-state index is -0.892. The highest BCUT2D eigenvalue weighted by atomic mass is 14.2. The zero-order chi connectivity index (χ0) is 45.6. The second-order valence-electron chi connectivity index (χ2n) is 8.80. The Morgan fingerprint density at radius 3 is 1.70 bits per heavy atom. The lowest BCUT2D eigenvalue weighted by molar-refractivity contribution is 1.65. The smallest absolute Gasteiger partial charge is 0.0622 e. The average molecular weight is 529 g/mol. The molecule has 0 atom stereocenters. The van der Waals surface area contributed by atoms with Crippen molar-refractivity contribution in [3.63, 3.8) is 0 Å². The molecule has 0 heteroatoms. The Kier molecular flexibility index (Phi) is 2.25. The molecule has 8 aromatic carbocycles. The summed E-state index contributed by atoms with van der Waals surface area (Å²) < 4.78 is 195. The number of benzene rings is 8. The maximum absolute atomic E-state index is 9.40. The fourth-order valence-corrected chi connectivity index (χ4v) is 4.99. The van der Waals surface area contributed by atoms with Gasteiger partial charge in [-0.1, -0.05) is 151 Å². The molecular formula is C40H26. The summed E-state index contributed by atoms with van der Waals surface area (Å²) in [4.78, 5) is 0. The quantitative estimate of drug-likeness (QED) is 0.200. The number of hydrogen-bond donors (Lipinski definition) is 0. The third-order valence-electron chi connectivity index (χ3n) is 6.65. The van der Waals surface area contributed by atoms with E-state index >= 15 is 0 Å². The van der Waals surface area contributed by atoms with Crippen LogP contribution < -0.4 is 0 Å². The van der Waals surface area contributed by atoms with E-state index in [9.17, 15) is 8.22 Å². The highest BCUT2D eigenvalue weighted by Crippen LogP contribution is 2.46. The van der Waals surface area contributed by atoms with E-state index in [1.54, 1.807) is 0 Å². The van der Waals surface area contributed by atoms with Gasteiger partial charge in [-0.2, -0.15) is 0 Å². The number of fused-ring (bicyclic) bond motifs is 4. The fraction of sp³-hybridized carbons (Fsp3) is 0. The van der Waals surface area contributed by atoms with Gasteiger partial charge in [-0.15, -0.1) is 0 Å². The van der Waals surface area contributed by atoms with E-state index in [4.69, 9.17) is 21.9 Å². The Bertz CT molecular complexity index is 3400. The van der Waals surface area contributed by atoms with Crippen molar-refractivity contribution in [2.45, 2.75) is 0 Å². The maximum Gasteiger partial charge on any atom is 0.0636 e. The molecule has 0 unspecified atom stereocenters. The van der Waals surface area contributed by atoms with Crippen molar-refractivity contribution in [1.29, 1.82) is 0 Å². The van der Waals surface area contributed by atoms with Crippen LogP contribution >= 0.6 is 0 Å². The van der Waals surface area contributed by atoms with Crippen molar-refractivity contribution in [3.8, 4) is 33.4 Å². The van der Waals surface area contributed by atoms with E-state index in [0.717, 1.165) is 0 Å². The molecule has 0 bridgehead atoms. The summed E-state index contributed by atoms with van der Waals surface area (Å²) in [6.45, 7) is 0. The molecule has 0 fully saturated rings. The van der Waals surface area contributed by atoms with Crippen molar-refractivity contribution in [1.82, 2.24) is 0 Å². The Morgan fingerprint density at radius 1 is 0.350 bits per heavy atom. The van der Waals surface area contributed by atoms with Gasteiger partial charge in [-0.25, -0.2) is 0 Å². The molecule has 0 amide bonds. The van der Waals surface area contributed by atoms with E-state index in [2.05, 4.69) is 0 Å². The highest BCUT2D eigenvalue weighted by Gasteiger charge is 2.18. The Balaban J connectivity index is 1.70. The predicted octanol–water partition coefficient (Wildman–Crippen LogP) is 11.3. The van der Waals surface area contributed by atoms with Gasteiger partial charge < -0.3 is 0 Å². The zero-order valence-corrected chi connectivity index (χ0v) is 20.3. The van der Waals surface area contributed by atoms with Crippen LogP contribution in [0.25, 0.3) is 76.5 Å². The summed E-state index contributed by atoms with van der Waals surface area (Å²) in [7, 11) is 0. The first-order valence-corrected chi connectivity index (χ1v) is 12.1. The predicted molar refractivity (Wildman–Crippen MR) is 173 cm³/mol. The average Bonchev–Trinajstić information content (AvgIpc) is 3.25. The molecule has 8 aromatic rings. The first-order valence-electron chi connectivity index (χ1n) is 23.1. The lowest BCUT2D eigenvalue weighted by atomic mass is 9.84. The molecule has 0 saturated carbocycles. The van der Waals surface area contributed by atoms with Crippen molar-refractivity contribution < 1.29 is 30.2 Å². The van der Waals surface area contributed by atoms with E-state index < -0.39 is 182 Å². The van der Waals surface area contributed by atoms with Gasteiger partial charge in [0.1, 0.15) is 0 Å². The zero-order valence-electron chi connectivity index (χ0n) is 42.3. The lowest BCUT2D eigenvalue weighted by Gasteiger charge is -2.19. The maximum atomic E-state index is 9.40. The largest absolute Gasteiger partial charge is 0.0636 e. The molecule has 0 aliphatic rings. The molecule has 8 rings (SSSR count). The SMILES string of the molecule is [2H]c1c([2H])c([2H])c(-c2c3ccccc3c(-c3c([2H])c([2H])c([2H])c4c(-c5c([2H])c([2H])c6c([2H])c([2H])c([2H])c([2H])c6c5[2H])c([2H])c([2H])c([2H])c34)c3c([2H])c([2H])c([2H])c([2H])c23)c([2H])c1[2H]. The van der Waals surface area contributed by atoms with Gasteiger partial charge in [-0.3, -0.25) is 0 Å².